The molecule has 3 aromatic rings. The quantitative estimate of drug-likeness (QED) is 0.524. The largest absolute Gasteiger partial charge is 0.493 e. The van der Waals surface area contributed by atoms with Crippen molar-refractivity contribution in [1.82, 2.24) is 14.6 Å². The van der Waals surface area contributed by atoms with Crippen molar-refractivity contribution in [1.29, 1.82) is 0 Å². The molecular weight excluding hydrogens is 398 g/mol. The van der Waals surface area contributed by atoms with Crippen molar-refractivity contribution >= 4 is 21.8 Å². The van der Waals surface area contributed by atoms with Gasteiger partial charge in [0, 0.05) is 18.3 Å². The molecule has 9 nitrogen and oxygen atoms in total. The number of nitroso groups, excluding NO2 is 1. The number of hydrogen-bond acceptors (Lipinski definition) is 8. The standard InChI is InChI=1S/C16H14F2N4O5S/c1-25-13-5-6-19-11(14(13)26-2)8-28(24)16-20-10-7-9(27-15(17)18)3-4-12(10)22(16)21-23/h3-7,15H,8H2,1-2H3. The molecule has 2 aromatic heterocycles. The number of methoxy groups -OCH3 is 2. The third-order valence-corrected chi connectivity index (χ3v) is 4.92. The molecule has 0 saturated heterocycles. The number of alkyl halides is 2. The number of ether oxygens (including phenoxy) is 3. The van der Waals surface area contributed by atoms with Crippen LogP contribution in [-0.2, 0) is 16.6 Å². The molecule has 0 amide bonds. The normalized spacial score (nSPS) is 12.2. The SMILES string of the molecule is COc1ccnc(CS(=O)c2nc3cc(OC(F)F)ccc3n2N=O)c1OC. The molecule has 1 unspecified atom stereocenters. The van der Waals surface area contributed by atoms with E-state index in [1.807, 2.05) is 0 Å². The van der Waals surface area contributed by atoms with Crippen LogP contribution in [0.4, 0.5) is 8.78 Å². The van der Waals surface area contributed by atoms with E-state index >= 15 is 0 Å². The Labute approximate surface area is 159 Å². The molecule has 0 aliphatic carbocycles. The number of fused-ring (bicyclic) bond motifs is 1. The summed E-state index contributed by atoms with van der Waals surface area (Å²) in [7, 11) is 1.02. The summed E-state index contributed by atoms with van der Waals surface area (Å²) in [6, 6.07) is 5.34. The van der Waals surface area contributed by atoms with Crippen LogP contribution in [0.5, 0.6) is 17.2 Å². The molecule has 12 heteroatoms. The summed E-state index contributed by atoms with van der Waals surface area (Å²) < 4.78 is 53.2. The van der Waals surface area contributed by atoms with Gasteiger partial charge in [0.05, 0.1) is 52.8 Å². The van der Waals surface area contributed by atoms with Gasteiger partial charge in [-0.25, -0.2) is 4.98 Å². The van der Waals surface area contributed by atoms with E-state index in [1.54, 1.807) is 6.07 Å². The van der Waals surface area contributed by atoms with Crippen LogP contribution in [0.2, 0.25) is 0 Å². The fourth-order valence-corrected chi connectivity index (χ4v) is 3.68. The summed E-state index contributed by atoms with van der Waals surface area (Å²) in [6.07, 6.45) is 1.46. The maximum atomic E-state index is 12.8. The van der Waals surface area contributed by atoms with E-state index in [-0.39, 0.29) is 27.7 Å². The number of halogens is 2. The summed E-state index contributed by atoms with van der Waals surface area (Å²) >= 11 is 0. The maximum absolute atomic E-state index is 12.8. The lowest BCUT2D eigenvalue weighted by molar-refractivity contribution is -0.0497. The van der Waals surface area contributed by atoms with Crippen molar-refractivity contribution in [2.45, 2.75) is 17.5 Å². The van der Waals surface area contributed by atoms with Crippen LogP contribution < -0.4 is 14.2 Å². The molecule has 0 aliphatic heterocycles. The molecule has 1 atom stereocenters. The Hall–Kier alpha value is -3.15. The van der Waals surface area contributed by atoms with E-state index < -0.39 is 17.4 Å². The highest BCUT2D eigenvalue weighted by Crippen LogP contribution is 2.31. The molecule has 0 radical (unpaired) electrons. The van der Waals surface area contributed by atoms with Crippen LogP contribution in [-0.4, -0.2) is 39.7 Å². The zero-order valence-corrected chi connectivity index (χ0v) is 15.5. The van der Waals surface area contributed by atoms with Gasteiger partial charge in [-0.15, -0.1) is 4.91 Å². The molecule has 148 valence electrons. The van der Waals surface area contributed by atoms with Gasteiger partial charge in [-0.1, -0.05) is 0 Å². The van der Waals surface area contributed by atoms with Gasteiger partial charge in [-0.05, 0) is 12.1 Å². The summed E-state index contributed by atoms with van der Waals surface area (Å²) in [5, 5.41) is 2.67. The highest BCUT2D eigenvalue weighted by molar-refractivity contribution is 7.84. The molecular formula is C16H14F2N4O5S. The monoisotopic (exact) mass is 412 g/mol. The van der Waals surface area contributed by atoms with Crippen molar-refractivity contribution in [2.75, 3.05) is 14.2 Å². The Balaban J connectivity index is 1.99. The summed E-state index contributed by atoms with van der Waals surface area (Å²) in [5.74, 6) is 0.416. The molecule has 0 N–H and O–H groups in total. The number of hydrogen-bond donors (Lipinski definition) is 0. The van der Waals surface area contributed by atoms with Crippen LogP contribution >= 0.6 is 0 Å². The van der Waals surface area contributed by atoms with Gasteiger partial charge >= 0.3 is 6.61 Å². The second-order valence-corrected chi connectivity index (χ2v) is 6.64. The highest BCUT2D eigenvalue weighted by Gasteiger charge is 2.22. The van der Waals surface area contributed by atoms with Crippen LogP contribution in [0.1, 0.15) is 5.69 Å². The summed E-state index contributed by atoms with van der Waals surface area (Å²) in [6.45, 7) is -3.01. The first kappa shape index (κ1) is 19.6. The minimum Gasteiger partial charge on any atom is -0.493 e. The minimum absolute atomic E-state index is 0.131. The van der Waals surface area contributed by atoms with Crippen molar-refractivity contribution in [3.8, 4) is 17.2 Å². The smallest absolute Gasteiger partial charge is 0.387 e. The van der Waals surface area contributed by atoms with Crippen molar-refractivity contribution in [2.24, 2.45) is 5.29 Å². The Bertz CT molecular complexity index is 1040. The predicted octanol–water partition coefficient (Wildman–Crippen LogP) is 2.89. The molecule has 0 bridgehead atoms. The van der Waals surface area contributed by atoms with E-state index in [0.29, 0.717) is 17.2 Å². The highest BCUT2D eigenvalue weighted by atomic mass is 32.2. The molecule has 1 aromatic carbocycles. The molecule has 0 saturated carbocycles. The number of benzene rings is 1. The first-order valence-electron chi connectivity index (χ1n) is 7.73. The number of nitrogens with zero attached hydrogens (tertiary/aromatic N) is 4. The van der Waals surface area contributed by atoms with Gasteiger partial charge < -0.3 is 14.2 Å². The molecule has 0 fully saturated rings. The molecule has 3 rings (SSSR count). The van der Waals surface area contributed by atoms with E-state index in [2.05, 4.69) is 20.0 Å². The first-order valence-corrected chi connectivity index (χ1v) is 9.05. The lowest BCUT2D eigenvalue weighted by Gasteiger charge is -2.10. The van der Waals surface area contributed by atoms with Crippen molar-refractivity contribution < 1.29 is 27.2 Å². The summed E-state index contributed by atoms with van der Waals surface area (Å²) in [4.78, 5) is 19.5. The predicted molar refractivity (Wildman–Crippen MR) is 95.0 cm³/mol. The second-order valence-electron chi connectivity index (χ2n) is 5.30. The Morgan fingerprint density at radius 3 is 2.68 bits per heavy atom. The van der Waals surface area contributed by atoms with Crippen LogP contribution in [0, 0.1) is 4.91 Å². The third kappa shape index (κ3) is 3.76. The second kappa shape index (κ2) is 8.25. The first-order chi connectivity index (χ1) is 13.5. The Morgan fingerprint density at radius 1 is 1.25 bits per heavy atom. The zero-order chi connectivity index (χ0) is 20.3. The fraction of sp³-hybridized carbons (Fsp3) is 0.250. The van der Waals surface area contributed by atoms with Gasteiger partial charge in [0.1, 0.15) is 5.75 Å². The third-order valence-electron chi connectivity index (χ3n) is 3.72. The van der Waals surface area contributed by atoms with Gasteiger partial charge in [0.2, 0.25) is 5.16 Å². The minimum atomic E-state index is -3.01. The lowest BCUT2D eigenvalue weighted by Crippen LogP contribution is -2.07. The number of rotatable bonds is 8. The van der Waals surface area contributed by atoms with Gasteiger partial charge in [0.25, 0.3) is 0 Å². The van der Waals surface area contributed by atoms with Gasteiger partial charge in [-0.3, -0.25) is 9.19 Å². The number of aromatic nitrogens is 3. The van der Waals surface area contributed by atoms with Crippen LogP contribution in [0.15, 0.2) is 40.9 Å². The van der Waals surface area contributed by atoms with Gasteiger partial charge in [-0.2, -0.15) is 13.5 Å². The van der Waals surface area contributed by atoms with Crippen LogP contribution in [0.3, 0.4) is 0 Å². The zero-order valence-electron chi connectivity index (χ0n) is 14.7. The van der Waals surface area contributed by atoms with Crippen molar-refractivity contribution in [3.05, 3.63) is 41.1 Å². The number of imidazole rings is 1. The van der Waals surface area contributed by atoms with Gasteiger partial charge in [0.15, 0.2) is 11.5 Å². The summed E-state index contributed by atoms with van der Waals surface area (Å²) in [5.41, 5.74) is 0.656. The fourth-order valence-electron chi connectivity index (χ4n) is 2.57. The van der Waals surface area contributed by atoms with E-state index in [0.717, 1.165) is 4.68 Å². The average molecular weight is 412 g/mol. The van der Waals surface area contributed by atoms with Crippen molar-refractivity contribution in [3.63, 3.8) is 0 Å². The molecule has 0 spiro atoms. The lowest BCUT2D eigenvalue weighted by atomic mass is 10.3. The molecule has 0 aliphatic rings. The molecule has 2 heterocycles. The Morgan fingerprint density at radius 2 is 2.04 bits per heavy atom. The number of pyridine rings is 1. The maximum Gasteiger partial charge on any atom is 0.387 e. The van der Waals surface area contributed by atoms with E-state index in [4.69, 9.17) is 9.47 Å². The van der Waals surface area contributed by atoms with E-state index in [9.17, 15) is 17.9 Å². The topological polar surface area (TPSA) is 105 Å². The van der Waals surface area contributed by atoms with Crippen LogP contribution in [0.25, 0.3) is 11.0 Å². The Kier molecular flexibility index (Phi) is 5.78. The molecule has 28 heavy (non-hydrogen) atoms. The average Bonchev–Trinajstić information content (AvgIpc) is 3.05. The van der Waals surface area contributed by atoms with E-state index in [1.165, 1.54) is 38.6 Å².